The van der Waals surface area contributed by atoms with Gasteiger partial charge >= 0.3 is 0 Å². The Morgan fingerprint density at radius 2 is 1.94 bits per heavy atom. The van der Waals surface area contributed by atoms with Crippen LogP contribution in [0, 0.1) is 5.92 Å². The Morgan fingerprint density at radius 3 is 2.56 bits per heavy atom. The number of halogens is 1. The van der Waals surface area contributed by atoms with Crippen LogP contribution in [0.4, 0.5) is 0 Å². The minimum atomic E-state index is -0.492. The van der Waals surface area contributed by atoms with E-state index in [4.69, 9.17) is 9.47 Å². The summed E-state index contributed by atoms with van der Waals surface area (Å²) in [5.41, 5.74) is 1.24. The van der Waals surface area contributed by atoms with Crippen molar-refractivity contribution in [2.45, 2.75) is 63.4 Å². The van der Waals surface area contributed by atoms with Gasteiger partial charge in [0.1, 0.15) is 0 Å². The molecule has 0 unspecified atom stereocenters. The molecule has 0 radical (unpaired) electrons. The molecular weight excluding hydrogens is 268 g/mol. The molecule has 16 heavy (non-hydrogen) atoms. The van der Waals surface area contributed by atoms with Crippen LogP contribution in [0.25, 0.3) is 0 Å². The van der Waals surface area contributed by atoms with Gasteiger partial charge in [0.2, 0.25) is 0 Å². The van der Waals surface area contributed by atoms with Crippen molar-refractivity contribution in [3.8, 4) is 0 Å². The Hall–Kier alpha value is 0.140. The molecule has 0 amide bonds. The second kappa shape index (κ2) is 3.82. The fourth-order valence-electron chi connectivity index (χ4n) is 2.90. The summed E-state index contributed by atoms with van der Waals surface area (Å²) < 4.78 is 12.1. The monoisotopic (exact) mass is 288 g/mol. The molecule has 3 atom stereocenters. The van der Waals surface area contributed by atoms with Gasteiger partial charge in [-0.1, -0.05) is 27.6 Å². The Kier molecular flexibility index (Phi) is 3.01. The third kappa shape index (κ3) is 2.09. The number of alkyl halides is 1. The molecule has 0 bridgehead atoms. The van der Waals surface area contributed by atoms with Gasteiger partial charge in [0.25, 0.3) is 0 Å². The number of ether oxygens (including phenoxy) is 2. The van der Waals surface area contributed by atoms with E-state index in [0.717, 1.165) is 6.42 Å². The largest absolute Gasteiger partial charge is 0.345 e. The molecule has 2 nitrogen and oxygen atoms in total. The number of hydrogen-bond acceptors (Lipinski definition) is 2. The predicted molar refractivity (Wildman–Crippen MR) is 68.7 cm³/mol. The molecule has 0 aromatic heterocycles. The molecular formula is C13H21BrO2. The van der Waals surface area contributed by atoms with Crippen LogP contribution in [0.15, 0.2) is 11.6 Å². The van der Waals surface area contributed by atoms with Crippen molar-refractivity contribution in [1.29, 1.82) is 0 Å². The molecule has 3 heteroatoms. The highest BCUT2D eigenvalue weighted by atomic mass is 79.9. The highest BCUT2D eigenvalue weighted by Gasteiger charge is 2.51. The molecule has 1 heterocycles. The van der Waals surface area contributed by atoms with Gasteiger partial charge in [-0.2, -0.15) is 0 Å². The zero-order chi connectivity index (χ0) is 12.1. The van der Waals surface area contributed by atoms with Crippen LogP contribution in [0.1, 0.15) is 41.0 Å². The van der Waals surface area contributed by atoms with E-state index in [1.165, 1.54) is 5.57 Å². The summed E-state index contributed by atoms with van der Waals surface area (Å²) in [6, 6.07) is 0. The van der Waals surface area contributed by atoms with Crippen molar-refractivity contribution in [2.75, 3.05) is 0 Å². The van der Waals surface area contributed by atoms with Crippen molar-refractivity contribution >= 4 is 15.9 Å². The van der Waals surface area contributed by atoms with E-state index in [1.54, 1.807) is 0 Å². The standard InChI is InChI=1S/C13H21BrO2/c1-8-6-7-9-11(10(8)14)15-13(4,5)16-12(9,2)3/h6,9-11H,7H2,1-5H3/t9-,10-,11-/m0/s1. The molecule has 1 saturated heterocycles. The van der Waals surface area contributed by atoms with Crippen LogP contribution in [-0.2, 0) is 9.47 Å². The summed E-state index contributed by atoms with van der Waals surface area (Å²) >= 11 is 3.75. The first-order valence-corrected chi connectivity index (χ1v) is 6.83. The molecule has 0 aromatic carbocycles. The fraction of sp³-hybridized carbons (Fsp3) is 0.846. The van der Waals surface area contributed by atoms with Crippen molar-refractivity contribution in [2.24, 2.45) is 5.92 Å². The van der Waals surface area contributed by atoms with E-state index < -0.39 is 5.79 Å². The van der Waals surface area contributed by atoms with Gasteiger partial charge < -0.3 is 9.47 Å². The first-order chi connectivity index (χ1) is 7.23. The van der Waals surface area contributed by atoms with E-state index in [2.05, 4.69) is 42.8 Å². The molecule has 1 aliphatic carbocycles. The Bertz CT molecular complexity index is 320. The van der Waals surface area contributed by atoms with Gasteiger partial charge in [-0.25, -0.2) is 0 Å². The van der Waals surface area contributed by atoms with Gasteiger partial charge in [0.05, 0.1) is 16.5 Å². The lowest BCUT2D eigenvalue weighted by Crippen LogP contribution is -2.59. The van der Waals surface area contributed by atoms with Crippen molar-refractivity contribution < 1.29 is 9.47 Å². The predicted octanol–water partition coefficient (Wildman–Crippen LogP) is 3.65. The second-order valence-corrected chi connectivity index (χ2v) is 6.87. The molecule has 0 N–H and O–H groups in total. The second-order valence-electron chi connectivity index (χ2n) is 5.88. The molecule has 2 aliphatic rings. The minimum absolute atomic E-state index is 0.129. The van der Waals surface area contributed by atoms with Crippen LogP contribution in [0.3, 0.4) is 0 Å². The molecule has 0 saturated carbocycles. The van der Waals surface area contributed by atoms with Gasteiger partial charge in [0, 0.05) is 5.92 Å². The Labute approximate surface area is 107 Å². The van der Waals surface area contributed by atoms with E-state index >= 15 is 0 Å². The number of fused-ring (bicyclic) bond motifs is 1. The highest BCUT2D eigenvalue weighted by molar-refractivity contribution is 9.09. The number of hydrogen-bond donors (Lipinski definition) is 0. The van der Waals surface area contributed by atoms with Crippen LogP contribution < -0.4 is 0 Å². The maximum Gasteiger partial charge on any atom is 0.163 e. The van der Waals surface area contributed by atoms with E-state index in [-0.39, 0.29) is 11.7 Å². The zero-order valence-corrected chi connectivity index (χ0v) is 12.3. The van der Waals surface area contributed by atoms with Gasteiger partial charge in [-0.05, 0) is 41.0 Å². The summed E-state index contributed by atoms with van der Waals surface area (Å²) in [5, 5.41) is 0. The Morgan fingerprint density at radius 1 is 1.31 bits per heavy atom. The maximum absolute atomic E-state index is 6.09. The molecule has 2 rings (SSSR count). The smallest absolute Gasteiger partial charge is 0.163 e. The van der Waals surface area contributed by atoms with E-state index in [9.17, 15) is 0 Å². The highest BCUT2D eigenvalue weighted by Crippen LogP contribution is 2.46. The van der Waals surface area contributed by atoms with E-state index in [0.29, 0.717) is 10.7 Å². The SMILES string of the molecule is CC1=CC[C@H]2[C@H](OC(C)(C)OC2(C)C)[C@H]1Br. The lowest BCUT2D eigenvalue weighted by atomic mass is 9.76. The number of rotatable bonds is 0. The maximum atomic E-state index is 6.09. The molecule has 0 spiro atoms. The third-order valence-electron chi connectivity index (χ3n) is 3.64. The van der Waals surface area contributed by atoms with Crippen molar-refractivity contribution in [1.82, 2.24) is 0 Å². The zero-order valence-electron chi connectivity index (χ0n) is 10.7. The van der Waals surface area contributed by atoms with E-state index in [1.807, 2.05) is 13.8 Å². The normalized spacial score (nSPS) is 41.1. The lowest BCUT2D eigenvalue weighted by Gasteiger charge is -2.53. The quantitative estimate of drug-likeness (QED) is 0.500. The first-order valence-electron chi connectivity index (χ1n) is 5.92. The summed E-state index contributed by atoms with van der Waals surface area (Å²) in [6.07, 6.45) is 3.55. The summed E-state index contributed by atoms with van der Waals surface area (Å²) in [6.45, 7) is 10.5. The summed E-state index contributed by atoms with van der Waals surface area (Å²) in [5.74, 6) is -0.0671. The van der Waals surface area contributed by atoms with Crippen LogP contribution in [0.5, 0.6) is 0 Å². The van der Waals surface area contributed by atoms with Crippen molar-refractivity contribution in [3.05, 3.63) is 11.6 Å². The number of allylic oxidation sites excluding steroid dienone is 1. The third-order valence-corrected chi connectivity index (χ3v) is 4.88. The molecule has 1 aliphatic heterocycles. The van der Waals surface area contributed by atoms with Gasteiger partial charge in [0.15, 0.2) is 5.79 Å². The minimum Gasteiger partial charge on any atom is -0.345 e. The molecule has 0 aromatic rings. The summed E-state index contributed by atoms with van der Waals surface area (Å²) in [7, 11) is 0. The molecule has 1 fully saturated rings. The fourth-order valence-corrected chi connectivity index (χ4v) is 3.57. The van der Waals surface area contributed by atoms with Gasteiger partial charge in [-0.15, -0.1) is 0 Å². The lowest BCUT2D eigenvalue weighted by molar-refractivity contribution is -0.347. The Balaban J connectivity index is 2.32. The average molecular weight is 289 g/mol. The van der Waals surface area contributed by atoms with Crippen LogP contribution in [-0.4, -0.2) is 22.3 Å². The molecule has 92 valence electrons. The van der Waals surface area contributed by atoms with Gasteiger partial charge in [-0.3, -0.25) is 0 Å². The van der Waals surface area contributed by atoms with Crippen LogP contribution in [0.2, 0.25) is 0 Å². The average Bonchev–Trinajstić information content (AvgIpc) is 2.09. The van der Waals surface area contributed by atoms with Crippen molar-refractivity contribution in [3.63, 3.8) is 0 Å². The summed E-state index contributed by atoms with van der Waals surface area (Å²) in [4.78, 5) is 0.314. The first kappa shape index (κ1) is 12.6. The van der Waals surface area contributed by atoms with Crippen LogP contribution >= 0.6 is 15.9 Å². The topological polar surface area (TPSA) is 18.5 Å².